The zero-order valence-electron chi connectivity index (χ0n) is 15.0. The minimum atomic E-state index is -3.83. The molecule has 1 aromatic carbocycles. The van der Waals surface area contributed by atoms with Gasteiger partial charge in [-0.3, -0.25) is 9.59 Å². The summed E-state index contributed by atoms with van der Waals surface area (Å²) in [4.78, 5) is 23.5. The maximum absolute atomic E-state index is 12.9. The van der Waals surface area contributed by atoms with E-state index in [0.717, 1.165) is 0 Å². The molecule has 0 radical (unpaired) electrons. The van der Waals surface area contributed by atoms with E-state index in [2.05, 4.69) is 17.2 Å². The largest absolute Gasteiger partial charge is 0.497 e. The summed E-state index contributed by atoms with van der Waals surface area (Å²) in [6.07, 6.45) is 1.07. The van der Waals surface area contributed by atoms with Crippen LogP contribution in [0, 0.1) is 0 Å². The van der Waals surface area contributed by atoms with E-state index in [1.807, 2.05) is 0 Å². The first-order valence-corrected chi connectivity index (χ1v) is 9.78. The van der Waals surface area contributed by atoms with E-state index < -0.39 is 28.1 Å². The number of rotatable bonds is 7. The normalized spacial score (nSPS) is 17.7. The van der Waals surface area contributed by atoms with Gasteiger partial charge < -0.3 is 20.1 Å². The van der Waals surface area contributed by atoms with E-state index in [1.54, 1.807) is 12.1 Å². The molecule has 0 saturated carbocycles. The van der Waals surface area contributed by atoms with Gasteiger partial charge >= 0.3 is 11.8 Å². The highest BCUT2D eigenvalue weighted by Gasteiger charge is 2.34. The van der Waals surface area contributed by atoms with Gasteiger partial charge in [-0.15, -0.1) is 6.58 Å². The van der Waals surface area contributed by atoms with E-state index in [9.17, 15) is 18.0 Å². The van der Waals surface area contributed by atoms with E-state index in [-0.39, 0.29) is 24.5 Å². The number of ether oxygens (including phenoxy) is 2. The van der Waals surface area contributed by atoms with Crippen LogP contribution in [-0.4, -0.2) is 64.1 Å². The molecule has 27 heavy (non-hydrogen) atoms. The van der Waals surface area contributed by atoms with Gasteiger partial charge in [-0.05, 0) is 30.7 Å². The molecule has 0 aliphatic carbocycles. The van der Waals surface area contributed by atoms with Crippen molar-refractivity contribution in [3.8, 4) is 5.75 Å². The molecule has 148 valence electrons. The summed E-state index contributed by atoms with van der Waals surface area (Å²) in [5, 5.41) is 4.74. The molecule has 2 N–H and O–H groups in total. The summed E-state index contributed by atoms with van der Waals surface area (Å²) >= 11 is 0. The molecule has 9 nitrogen and oxygen atoms in total. The van der Waals surface area contributed by atoms with Crippen LogP contribution in [0.2, 0.25) is 0 Å². The Bertz CT molecular complexity index is 778. The van der Waals surface area contributed by atoms with Gasteiger partial charge in [-0.1, -0.05) is 6.08 Å². The molecule has 2 rings (SSSR count). The Morgan fingerprint density at radius 2 is 1.96 bits per heavy atom. The Hall–Kier alpha value is -2.43. The molecule has 0 aromatic heterocycles. The number of nitrogens with one attached hydrogen (secondary N) is 2. The van der Waals surface area contributed by atoms with Crippen molar-refractivity contribution in [2.45, 2.75) is 17.5 Å². The van der Waals surface area contributed by atoms with Crippen LogP contribution in [0.1, 0.15) is 6.42 Å². The number of methoxy groups -OCH3 is 1. The molecule has 1 fully saturated rings. The molecule has 0 spiro atoms. The van der Waals surface area contributed by atoms with Crippen molar-refractivity contribution in [1.29, 1.82) is 0 Å². The summed E-state index contributed by atoms with van der Waals surface area (Å²) in [7, 11) is -2.34. The van der Waals surface area contributed by atoms with Crippen LogP contribution in [0.15, 0.2) is 41.8 Å². The monoisotopic (exact) mass is 397 g/mol. The van der Waals surface area contributed by atoms with Crippen molar-refractivity contribution >= 4 is 21.8 Å². The Morgan fingerprint density at radius 3 is 2.59 bits per heavy atom. The van der Waals surface area contributed by atoms with Crippen LogP contribution in [-0.2, 0) is 24.3 Å². The predicted octanol–water partition coefficient (Wildman–Crippen LogP) is -0.149. The van der Waals surface area contributed by atoms with Crippen LogP contribution < -0.4 is 15.4 Å². The van der Waals surface area contributed by atoms with Crippen LogP contribution in [0.4, 0.5) is 0 Å². The second kappa shape index (κ2) is 9.49. The molecule has 1 aliphatic heterocycles. The minimum absolute atomic E-state index is 0.0915. The fourth-order valence-corrected chi connectivity index (χ4v) is 4.06. The average molecular weight is 397 g/mol. The third-order valence-electron chi connectivity index (χ3n) is 3.87. The Labute approximate surface area is 158 Å². The van der Waals surface area contributed by atoms with Crippen LogP contribution in [0.25, 0.3) is 0 Å². The maximum atomic E-state index is 12.9. The number of amides is 2. The SMILES string of the molecule is C=CCNC(=O)C(=O)NC[C@@H]1OCCCN1S(=O)(=O)c1ccc(OC)cc1. The van der Waals surface area contributed by atoms with Crippen molar-refractivity contribution in [2.75, 3.05) is 33.4 Å². The first kappa shape index (κ1) is 20.9. The molecule has 1 aromatic rings. The zero-order chi connectivity index (χ0) is 19.9. The summed E-state index contributed by atoms with van der Waals surface area (Å²) < 4.78 is 37.6. The van der Waals surface area contributed by atoms with Crippen molar-refractivity contribution in [2.24, 2.45) is 0 Å². The molecule has 10 heteroatoms. The lowest BCUT2D eigenvalue weighted by atomic mass is 10.3. The zero-order valence-corrected chi connectivity index (χ0v) is 15.8. The van der Waals surface area contributed by atoms with Crippen molar-refractivity contribution in [1.82, 2.24) is 14.9 Å². The number of carbonyl (C=O) groups is 2. The van der Waals surface area contributed by atoms with Gasteiger partial charge in [0.1, 0.15) is 12.0 Å². The molecule has 1 heterocycles. The van der Waals surface area contributed by atoms with Gasteiger partial charge in [-0.2, -0.15) is 4.31 Å². The first-order chi connectivity index (χ1) is 12.9. The fraction of sp³-hybridized carbons (Fsp3) is 0.412. The second-order valence-electron chi connectivity index (χ2n) is 5.68. The quantitative estimate of drug-likeness (QED) is 0.489. The highest BCUT2D eigenvalue weighted by molar-refractivity contribution is 7.89. The molecule has 0 unspecified atom stereocenters. The summed E-state index contributed by atoms with van der Waals surface area (Å²) in [5.74, 6) is -1.15. The number of nitrogens with zero attached hydrogens (tertiary/aromatic N) is 1. The van der Waals surface area contributed by atoms with Gasteiger partial charge in [-0.25, -0.2) is 8.42 Å². The fourth-order valence-electron chi connectivity index (χ4n) is 2.49. The number of carbonyl (C=O) groups excluding carboxylic acids is 2. The molecule has 1 aliphatic rings. The molecule has 1 saturated heterocycles. The van der Waals surface area contributed by atoms with E-state index in [1.165, 1.54) is 29.6 Å². The minimum Gasteiger partial charge on any atom is -0.497 e. The second-order valence-corrected chi connectivity index (χ2v) is 7.57. The Kier molecular flexibility index (Phi) is 7.34. The standard InChI is InChI=1S/C17H23N3O6S/c1-3-9-18-16(21)17(22)19-12-15-20(10-4-11-26-15)27(23,24)14-7-5-13(25-2)6-8-14/h3,5-8,15H,1,4,9-12H2,2H3,(H,18,21)(H,19,22)/t15-/m0/s1. The van der Waals surface area contributed by atoms with E-state index in [0.29, 0.717) is 18.8 Å². The van der Waals surface area contributed by atoms with Gasteiger partial charge in [0.25, 0.3) is 0 Å². The van der Waals surface area contributed by atoms with E-state index >= 15 is 0 Å². The predicted molar refractivity (Wildman–Crippen MR) is 97.5 cm³/mol. The van der Waals surface area contributed by atoms with Crippen molar-refractivity contribution in [3.63, 3.8) is 0 Å². The average Bonchev–Trinajstić information content (AvgIpc) is 2.70. The molecule has 0 bridgehead atoms. The highest BCUT2D eigenvalue weighted by Crippen LogP contribution is 2.23. The third-order valence-corrected chi connectivity index (χ3v) is 5.77. The van der Waals surface area contributed by atoms with Crippen molar-refractivity contribution in [3.05, 3.63) is 36.9 Å². The Morgan fingerprint density at radius 1 is 1.30 bits per heavy atom. The van der Waals surface area contributed by atoms with Crippen molar-refractivity contribution < 1.29 is 27.5 Å². The first-order valence-electron chi connectivity index (χ1n) is 8.34. The molecular formula is C17H23N3O6S. The van der Waals surface area contributed by atoms with Gasteiger partial charge in [0.15, 0.2) is 0 Å². The van der Waals surface area contributed by atoms with Crippen LogP contribution in [0.5, 0.6) is 5.75 Å². The summed E-state index contributed by atoms with van der Waals surface area (Å²) in [6, 6.07) is 6.00. The van der Waals surface area contributed by atoms with Gasteiger partial charge in [0.2, 0.25) is 10.0 Å². The summed E-state index contributed by atoms with van der Waals surface area (Å²) in [5.41, 5.74) is 0. The summed E-state index contributed by atoms with van der Waals surface area (Å²) in [6.45, 7) is 4.06. The highest BCUT2D eigenvalue weighted by atomic mass is 32.2. The smallest absolute Gasteiger partial charge is 0.309 e. The molecule has 1 atom stereocenters. The number of hydrogen-bond acceptors (Lipinski definition) is 6. The Balaban J connectivity index is 2.08. The molecular weight excluding hydrogens is 374 g/mol. The van der Waals surface area contributed by atoms with Crippen LogP contribution >= 0.6 is 0 Å². The lowest BCUT2D eigenvalue weighted by molar-refractivity contribution is -0.140. The number of hydrogen-bond donors (Lipinski definition) is 2. The lowest BCUT2D eigenvalue weighted by Crippen LogP contribution is -2.53. The topological polar surface area (TPSA) is 114 Å². The molecule has 2 amide bonds. The maximum Gasteiger partial charge on any atom is 0.309 e. The lowest BCUT2D eigenvalue weighted by Gasteiger charge is -2.34. The van der Waals surface area contributed by atoms with Gasteiger partial charge in [0.05, 0.1) is 25.2 Å². The number of sulfonamides is 1. The van der Waals surface area contributed by atoms with Gasteiger partial charge in [0, 0.05) is 13.1 Å². The van der Waals surface area contributed by atoms with Crippen LogP contribution in [0.3, 0.4) is 0 Å². The number of benzene rings is 1. The van der Waals surface area contributed by atoms with E-state index in [4.69, 9.17) is 9.47 Å². The third kappa shape index (κ3) is 5.28.